The van der Waals surface area contributed by atoms with Crippen molar-refractivity contribution in [1.29, 1.82) is 0 Å². The van der Waals surface area contributed by atoms with E-state index in [-0.39, 0.29) is 18.2 Å². The monoisotopic (exact) mass is 339 g/mol. The number of aromatic nitrogens is 2. The summed E-state index contributed by atoms with van der Waals surface area (Å²) < 4.78 is 37.7. The highest BCUT2D eigenvalue weighted by molar-refractivity contribution is 5.79. The first-order valence-electron chi connectivity index (χ1n) is 7.62. The van der Waals surface area contributed by atoms with Crippen molar-refractivity contribution >= 4 is 5.91 Å². The molecule has 0 aliphatic rings. The molecule has 0 aliphatic heterocycles. The van der Waals surface area contributed by atoms with Gasteiger partial charge in [0.1, 0.15) is 0 Å². The SMILES string of the molecule is Cc1n[nH]c(C)c1CC(=O)NCC(C)c1ccc(C(F)(F)F)cc1. The lowest BCUT2D eigenvalue weighted by atomic mass is 9.99. The summed E-state index contributed by atoms with van der Waals surface area (Å²) in [4.78, 5) is 12.0. The number of nitrogens with one attached hydrogen (secondary N) is 2. The smallest absolute Gasteiger partial charge is 0.355 e. The van der Waals surface area contributed by atoms with Gasteiger partial charge in [0.2, 0.25) is 5.91 Å². The largest absolute Gasteiger partial charge is 0.416 e. The molecule has 1 heterocycles. The maximum atomic E-state index is 12.6. The zero-order chi connectivity index (χ0) is 17.9. The molecule has 0 spiro atoms. The minimum absolute atomic E-state index is 0.0808. The fraction of sp³-hybridized carbons (Fsp3) is 0.412. The minimum Gasteiger partial charge on any atom is -0.355 e. The molecule has 130 valence electrons. The van der Waals surface area contributed by atoms with Crippen LogP contribution in [0.25, 0.3) is 0 Å². The van der Waals surface area contributed by atoms with E-state index in [0.29, 0.717) is 6.54 Å². The van der Waals surface area contributed by atoms with E-state index in [1.54, 1.807) is 0 Å². The first-order valence-corrected chi connectivity index (χ1v) is 7.62. The van der Waals surface area contributed by atoms with Gasteiger partial charge in [-0.1, -0.05) is 19.1 Å². The quantitative estimate of drug-likeness (QED) is 0.876. The number of hydrogen-bond donors (Lipinski definition) is 2. The molecule has 0 bridgehead atoms. The van der Waals surface area contributed by atoms with Crippen LogP contribution in [0.1, 0.15) is 40.9 Å². The summed E-state index contributed by atoms with van der Waals surface area (Å²) in [7, 11) is 0. The third-order valence-corrected chi connectivity index (χ3v) is 4.03. The number of carbonyl (C=O) groups is 1. The Kier molecular flexibility index (Phi) is 5.31. The molecule has 0 aliphatic carbocycles. The highest BCUT2D eigenvalue weighted by Crippen LogP contribution is 2.30. The molecule has 24 heavy (non-hydrogen) atoms. The molecule has 4 nitrogen and oxygen atoms in total. The van der Waals surface area contributed by atoms with Crippen LogP contribution in [0, 0.1) is 13.8 Å². The van der Waals surface area contributed by atoms with Crippen molar-refractivity contribution < 1.29 is 18.0 Å². The van der Waals surface area contributed by atoms with Crippen molar-refractivity contribution in [3.8, 4) is 0 Å². The molecule has 2 N–H and O–H groups in total. The van der Waals surface area contributed by atoms with Gasteiger partial charge >= 0.3 is 6.18 Å². The van der Waals surface area contributed by atoms with Gasteiger partial charge in [0.15, 0.2) is 0 Å². The molecule has 2 rings (SSSR count). The Labute approximate surface area is 138 Å². The second-order valence-corrected chi connectivity index (χ2v) is 5.91. The van der Waals surface area contributed by atoms with Crippen LogP contribution in [0.15, 0.2) is 24.3 Å². The van der Waals surface area contributed by atoms with E-state index in [1.807, 2.05) is 20.8 Å². The van der Waals surface area contributed by atoms with Gasteiger partial charge in [0, 0.05) is 17.8 Å². The Balaban J connectivity index is 1.90. The van der Waals surface area contributed by atoms with E-state index in [9.17, 15) is 18.0 Å². The lowest BCUT2D eigenvalue weighted by Gasteiger charge is -2.14. The molecule has 0 saturated heterocycles. The third-order valence-electron chi connectivity index (χ3n) is 4.03. The summed E-state index contributed by atoms with van der Waals surface area (Å²) >= 11 is 0. The summed E-state index contributed by atoms with van der Waals surface area (Å²) in [5.41, 5.74) is 2.60. The number of aromatic amines is 1. The van der Waals surface area contributed by atoms with Crippen molar-refractivity contribution in [2.45, 2.75) is 39.3 Å². The minimum atomic E-state index is -4.34. The van der Waals surface area contributed by atoms with Crippen LogP contribution in [0.5, 0.6) is 0 Å². The molecule has 1 unspecified atom stereocenters. The molecular formula is C17H20F3N3O. The third kappa shape index (κ3) is 4.37. The maximum absolute atomic E-state index is 12.6. The lowest BCUT2D eigenvalue weighted by Crippen LogP contribution is -2.29. The van der Waals surface area contributed by atoms with Crippen molar-refractivity contribution in [2.75, 3.05) is 6.54 Å². The average molecular weight is 339 g/mol. The highest BCUT2D eigenvalue weighted by Gasteiger charge is 2.30. The van der Waals surface area contributed by atoms with E-state index >= 15 is 0 Å². The predicted octanol–water partition coefficient (Wildman–Crippen LogP) is 3.51. The Morgan fingerprint density at radius 2 is 1.88 bits per heavy atom. The summed E-state index contributed by atoms with van der Waals surface area (Å²) in [6.07, 6.45) is -4.11. The lowest BCUT2D eigenvalue weighted by molar-refractivity contribution is -0.137. The van der Waals surface area contributed by atoms with Crippen molar-refractivity contribution in [1.82, 2.24) is 15.5 Å². The number of halogens is 3. The fourth-order valence-corrected chi connectivity index (χ4v) is 2.44. The molecule has 1 amide bonds. The molecule has 1 aromatic carbocycles. The van der Waals surface area contributed by atoms with Gasteiger partial charge in [-0.2, -0.15) is 18.3 Å². The number of carbonyl (C=O) groups excluding carboxylic acids is 1. The summed E-state index contributed by atoms with van der Waals surface area (Å²) in [6, 6.07) is 5.02. The Morgan fingerprint density at radius 1 is 1.25 bits per heavy atom. The molecule has 0 radical (unpaired) electrons. The Hall–Kier alpha value is -2.31. The molecular weight excluding hydrogens is 319 g/mol. The van der Waals surface area contributed by atoms with Gasteiger partial charge in [-0.15, -0.1) is 0 Å². The van der Waals surface area contributed by atoms with Crippen LogP contribution in [0.4, 0.5) is 13.2 Å². The van der Waals surface area contributed by atoms with E-state index in [4.69, 9.17) is 0 Å². The molecule has 1 atom stereocenters. The molecule has 7 heteroatoms. The van der Waals surface area contributed by atoms with Crippen LogP contribution >= 0.6 is 0 Å². The molecule has 1 aromatic heterocycles. The summed E-state index contributed by atoms with van der Waals surface area (Å²) in [6.45, 7) is 5.90. The van der Waals surface area contributed by atoms with Gasteiger partial charge in [0.25, 0.3) is 0 Å². The maximum Gasteiger partial charge on any atom is 0.416 e. The van der Waals surface area contributed by atoms with Crippen LogP contribution in [0.3, 0.4) is 0 Å². The van der Waals surface area contributed by atoms with E-state index < -0.39 is 11.7 Å². The van der Waals surface area contributed by atoms with E-state index in [0.717, 1.165) is 34.6 Å². The zero-order valence-electron chi connectivity index (χ0n) is 13.8. The fourth-order valence-electron chi connectivity index (χ4n) is 2.44. The van der Waals surface area contributed by atoms with E-state index in [2.05, 4.69) is 15.5 Å². The average Bonchev–Trinajstić information content (AvgIpc) is 2.84. The van der Waals surface area contributed by atoms with Crippen LogP contribution in [-0.4, -0.2) is 22.6 Å². The van der Waals surface area contributed by atoms with Crippen LogP contribution in [0.2, 0.25) is 0 Å². The van der Waals surface area contributed by atoms with Crippen molar-refractivity contribution in [2.24, 2.45) is 0 Å². The van der Waals surface area contributed by atoms with Gasteiger partial charge < -0.3 is 5.32 Å². The number of alkyl halides is 3. The van der Waals surface area contributed by atoms with Crippen LogP contribution < -0.4 is 5.32 Å². The second-order valence-electron chi connectivity index (χ2n) is 5.91. The number of H-pyrrole nitrogens is 1. The predicted molar refractivity (Wildman–Crippen MR) is 84.6 cm³/mol. The normalized spacial score (nSPS) is 12.9. The number of rotatable bonds is 5. The Bertz CT molecular complexity index is 685. The van der Waals surface area contributed by atoms with Crippen molar-refractivity contribution in [3.63, 3.8) is 0 Å². The first-order chi connectivity index (χ1) is 11.2. The Morgan fingerprint density at radius 3 is 2.38 bits per heavy atom. The summed E-state index contributed by atoms with van der Waals surface area (Å²) in [5, 5.41) is 9.69. The zero-order valence-corrected chi connectivity index (χ0v) is 13.8. The number of nitrogens with zero attached hydrogens (tertiary/aromatic N) is 1. The number of hydrogen-bond acceptors (Lipinski definition) is 2. The standard InChI is InChI=1S/C17H20F3N3O/c1-10(13-4-6-14(7-5-13)17(18,19)20)9-21-16(24)8-15-11(2)22-23-12(15)3/h4-7,10H,8-9H2,1-3H3,(H,21,24)(H,22,23). The van der Waals surface area contributed by atoms with Gasteiger partial charge in [-0.3, -0.25) is 9.89 Å². The molecule has 0 saturated carbocycles. The number of amides is 1. The van der Waals surface area contributed by atoms with Gasteiger partial charge in [-0.05, 0) is 37.5 Å². The highest BCUT2D eigenvalue weighted by atomic mass is 19.4. The second kappa shape index (κ2) is 7.07. The number of benzene rings is 1. The summed E-state index contributed by atoms with van der Waals surface area (Å²) in [5.74, 6) is -0.218. The van der Waals surface area contributed by atoms with E-state index in [1.165, 1.54) is 12.1 Å². The van der Waals surface area contributed by atoms with Gasteiger partial charge in [0.05, 0.1) is 17.7 Å². The molecule has 0 fully saturated rings. The van der Waals surface area contributed by atoms with Crippen molar-refractivity contribution in [3.05, 3.63) is 52.3 Å². The molecule has 2 aromatic rings. The number of aryl methyl sites for hydroxylation is 2. The topological polar surface area (TPSA) is 57.8 Å². The van der Waals surface area contributed by atoms with Gasteiger partial charge in [-0.25, -0.2) is 0 Å². The van der Waals surface area contributed by atoms with Crippen LogP contribution in [-0.2, 0) is 17.4 Å². The first kappa shape index (κ1) is 18.0.